The number of aliphatic carboxylic acids is 1. The molecule has 1 aromatic heterocycles. The van der Waals surface area contributed by atoms with Crippen LogP contribution in [-0.4, -0.2) is 15.6 Å². The van der Waals surface area contributed by atoms with Crippen molar-refractivity contribution in [2.45, 2.75) is 19.8 Å². The minimum Gasteiger partial charge on any atom is -0.481 e. The summed E-state index contributed by atoms with van der Waals surface area (Å²) in [7, 11) is 1.64. The maximum Gasteiger partial charge on any atom is 0.311 e. The Balaban J connectivity index is 3.18. The lowest BCUT2D eigenvalue weighted by Crippen LogP contribution is -2.22. The second-order valence-electron chi connectivity index (χ2n) is 3.97. The fraction of sp³-hybridized carbons (Fsp3) is 0.455. The summed E-state index contributed by atoms with van der Waals surface area (Å²) in [6.07, 6.45) is 1.59. The van der Waals surface area contributed by atoms with Gasteiger partial charge in [0.25, 0.3) is 5.56 Å². The van der Waals surface area contributed by atoms with Gasteiger partial charge in [0, 0.05) is 19.3 Å². The minimum atomic E-state index is -0.891. The lowest BCUT2D eigenvalue weighted by molar-refractivity contribution is -0.139. The smallest absolute Gasteiger partial charge is 0.311 e. The van der Waals surface area contributed by atoms with Crippen LogP contribution >= 0.6 is 0 Å². The molecule has 0 aliphatic carbocycles. The molecule has 1 aromatic rings. The number of carboxylic acids is 1. The summed E-state index contributed by atoms with van der Waals surface area (Å²) < 4.78 is 1.42. The van der Waals surface area contributed by atoms with Gasteiger partial charge in [0.15, 0.2) is 0 Å². The number of nitrogens with zero attached hydrogens (tertiary/aromatic N) is 1. The van der Waals surface area contributed by atoms with Crippen molar-refractivity contribution in [3.63, 3.8) is 0 Å². The zero-order chi connectivity index (χ0) is 11.6. The van der Waals surface area contributed by atoms with Gasteiger partial charge in [0.1, 0.15) is 0 Å². The van der Waals surface area contributed by atoms with Crippen LogP contribution in [0.4, 0.5) is 0 Å². The first kappa shape index (κ1) is 11.5. The van der Waals surface area contributed by atoms with Crippen molar-refractivity contribution in [1.82, 2.24) is 4.57 Å². The summed E-state index contributed by atoms with van der Waals surface area (Å²) in [6.45, 7) is 3.66. The number of carbonyl (C=O) groups is 1. The Kier molecular flexibility index (Phi) is 3.29. The maximum atomic E-state index is 11.4. The highest BCUT2D eigenvalue weighted by molar-refractivity contribution is 5.76. The fourth-order valence-electron chi connectivity index (χ4n) is 1.57. The van der Waals surface area contributed by atoms with Crippen LogP contribution in [0.3, 0.4) is 0 Å². The van der Waals surface area contributed by atoms with Crippen LogP contribution in [0.1, 0.15) is 25.3 Å². The number of pyridine rings is 1. The molecular formula is C11H15NO3. The van der Waals surface area contributed by atoms with E-state index in [-0.39, 0.29) is 11.5 Å². The molecule has 4 heteroatoms. The van der Waals surface area contributed by atoms with Crippen molar-refractivity contribution in [3.05, 3.63) is 34.2 Å². The van der Waals surface area contributed by atoms with Crippen molar-refractivity contribution in [1.29, 1.82) is 0 Å². The third-order valence-corrected chi connectivity index (χ3v) is 2.42. The lowest BCUT2D eigenvalue weighted by atomic mass is 9.89. The van der Waals surface area contributed by atoms with Gasteiger partial charge < -0.3 is 9.67 Å². The molecule has 1 rings (SSSR count). The molecule has 0 radical (unpaired) electrons. The summed E-state index contributed by atoms with van der Waals surface area (Å²) in [5.74, 6) is -1.54. The molecule has 0 spiro atoms. The van der Waals surface area contributed by atoms with Crippen LogP contribution in [-0.2, 0) is 11.8 Å². The molecule has 1 heterocycles. The highest BCUT2D eigenvalue weighted by Gasteiger charge is 2.23. The quantitative estimate of drug-likeness (QED) is 0.814. The average Bonchev–Trinajstić information content (AvgIpc) is 2.10. The van der Waals surface area contributed by atoms with E-state index in [4.69, 9.17) is 5.11 Å². The predicted octanol–water partition coefficient (Wildman–Crippen LogP) is 1.21. The standard InChI is InChI=1S/C11H15NO3/c1-7(2)10(11(14)15)8-4-5-12(3)9(13)6-8/h4-7,10H,1-3H3,(H,14,15). The third kappa shape index (κ3) is 2.46. The molecule has 1 unspecified atom stereocenters. The zero-order valence-electron chi connectivity index (χ0n) is 9.10. The number of aromatic nitrogens is 1. The highest BCUT2D eigenvalue weighted by Crippen LogP contribution is 2.23. The first-order valence-corrected chi connectivity index (χ1v) is 4.83. The Morgan fingerprint density at radius 2 is 2.07 bits per heavy atom. The zero-order valence-corrected chi connectivity index (χ0v) is 9.10. The first-order valence-electron chi connectivity index (χ1n) is 4.83. The molecule has 0 aliphatic rings. The van der Waals surface area contributed by atoms with Crippen molar-refractivity contribution in [2.75, 3.05) is 0 Å². The number of rotatable bonds is 3. The van der Waals surface area contributed by atoms with Crippen LogP contribution in [0.15, 0.2) is 23.1 Å². The van der Waals surface area contributed by atoms with Crippen LogP contribution in [0.5, 0.6) is 0 Å². The molecule has 0 aromatic carbocycles. The van der Waals surface area contributed by atoms with Crippen LogP contribution < -0.4 is 5.56 Å². The van der Waals surface area contributed by atoms with Gasteiger partial charge in [0.05, 0.1) is 5.92 Å². The van der Waals surface area contributed by atoms with E-state index in [0.717, 1.165) is 0 Å². The van der Waals surface area contributed by atoms with Gasteiger partial charge in [-0.3, -0.25) is 9.59 Å². The molecule has 0 saturated carbocycles. The van der Waals surface area contributed by atoms with Crippen LogP contribution in [0, 0.1) is 5.92 Å². The van der Waals surface area contributed by atoms with Crippen molar-refractivity contribution in [3.8, 4) is 0 Å². The van der Waals surface area contributed by atoms with E-state index in [1.165, 1.54) is 10.6 Å². The summed E-state index contributed by atoms with van der Waals surface area (Å²) >= 11 is 0. The number of aryl methyl sites for hydroxylation is 1. The molecule has 0 saturated heterocycles. The molecule has 0 aliphatic heterocycles. The van der Waals surface area contributed by atoms with E-state index >= 15 is 0 Å². The monoisotopic (exact) mass is 209 g/mol. The van der Waals surface area contributed by atoms with Gasteiger partial charge in [-0.15, -0.1) is 0 Å². The summed E-state index contributed by atoms with van der Waals surface area (Å²) in [6, 6.07) is 3.07. The molecule has 0 amide bonds. The van der Waals surface area contributed by atoms with E-state index in [0.29, 0.717) is 5.56 Å². The Morgan fingerprint density at radius 1 is 1.47 bits per heavy atom. The van der Waals surface area contributed by atoms with Crippen LogP contribution in [0.2, 0.25) is 0 Å². The molecule has 0 bridgehead atoms. The second-order valence-corrected chi connectivity index (χ2v) is 3.97. The Bertz CT molecular complexity index is 420. The molecule has 82 valence electrons. The first-order chi connectivity index (χ1) is 6.93. The largest absolute Gasteiger partial charge is 0.481 e. The van der Waals surface area contributed by atoms with Gasteiger partial charge in [-0.05, 0) is 17.5 Å². The predicted molar refractivity (Wildman–Crippen MR) is 56.9 cm³/mol. The SMILES string of the molecule is CC(C)C(C(=O)O)c1ccn(C)c(=O)c1. The Morgan fingerprint density at radius 3 is 2.47 bits per heavy atom. The number of carboxylic acid groups (broad SMARTS) is 1. The summed E-state index contributed by atoms with van der Waals surface area (Å²) in [5, 5.41) is 9.05. The topological polar surface area (TPSA) is 59.3 Å². The Labute approximate surface area is 88.2 Å². The van der Waals surface area contributed by atoms with Gasteiger partial charge in [-0.2, -0.15) is 0 Å². The van der Waals surface area contributed by atoms with E-state index in [1.807, 2.05) is 13.8 Å². The van der Waals surface area contributed by atoms with Crippen molar-refractivity contribution < 1.29 is 9.90 Å². The highest BCUT2D eigenvalue weighted by atomic mass is 16.4. The number of hydrogen-bond donors (Lipinski definition) is 1. The fourth-order valence-corrected chi connectivity index (χ4v) is 1.57. The normalized spacial score (nSPS) is 12.8. The summed E-state index contributed by atoms with van der Waals surface area (Å²) in [5.41, 5.74) is 0.389. The van der Waals surface area contributed by atoms with Gasteiger partial charge >= 0.3 is 5.97 Å². The third-order valence-electron chi connectivity index (χ3n) is 2.42. The molecule has 1 N–H and O–H groups in total. The maximum absolute atomic E-state index is 11.4. The molecule has 1 atom stereocenters. The summed E-state index contributed by atoms with van der Waals surface area (Å²) in [4.78, 5) is 22.4. The van der Waals surface area contributed by atoms with Gasteiger partial charge in [-0.1, -0.05) is 13.8 Å². The molecule has 0 fully saturated rings. The Hall–Kier alpha value is -1.58. The second kappa shape index (κ2) is 4.29. The van der Waals surface area contributed by atoms with Crippen molar-refractivity contribution in [2.24, 2.45) is 13.0 Å². The van der Waals surface area contributed by atoms with E-state index in [1.54, 1.807) is 19.3 Å². The minimum absolute atomic E-state index is 0.0328. The molecule has 15 heavy (non-hydrogen) atoms. The molecular weight excluding hydrogens is 194 g/mol. The molecule has 4 nitrogen and oxygen atoms in total. The van der Waals surface area contributed by atoms with Gasteiger partial charge in [0.2, 0.25) is 0 Å². The van der Waals surface area contributed by atoms with Crippen LogP contribution in [0.25, 0.3) is 0 Å². The average molecular weight is 209 g/mol. The van der Waals surface area contributed by atoms with E-state index < -0.39 is 11.9 Å². The van der Waals surface area contributed by atoms with E-state index in [2.05, 4.69) is 0 Å². The van der Waals surface area contributed by atoms with E-state index in [9.17, 15) is 9.59 Å². The van der Waals surface area contributed by atoms with Gasteiger partial charge in [-0.25, -0.2) is 0 Å². The van der Waals surface area contributed by atoms with Crippen molar-refractivity contribution >= 4 is 5.97 Å². The number of hydrogen-bond acceptors (Lipinski definition) is 2. The lowest BCUT2D eigenvalue weighted by Gasteiger charge is -2.16.